The third-order valence-corrected chi connectivity index (χ3v) is 2.48. The number of carbonyl (C=O) groups excluding carboxylic acids is 1. The summed E-state index contributed by atoms with van der Waals surface area (Å²) in [6, 6.07) is 9.06. The molecule has 7 heteroatoms. The van der Waals surface area contributed by atoms with Crippen molar-refractivity contribution in [1.29, 1.82) is 0 Å². The smallest absolute Gasteiger partial charge is 0.433 e. The maximum atomic E-state index is 11.2. The van der Waals surface area contributed by atoms with Crippen molar-refractivity contribution in [2.45, 2.75) is 6.61 Å². The third-order valence-electron chi connectivity index (χ3n) is 2.48. The minimum atomic E-state index is -0.616. The van der Waals surface area contributed by atoms with Gasteiger partial charge in [-0.25, -0.2) is 4.79 Å². The zero-order chi connectivity index (χ0) is 14.5. The predicted molar refractivity (Wildman–Crippen MR) is 67.5 cm³/mol. The Bertz CT molecular complexity index is 616. The lowest BCUT2D eigenvalue weighted by molar-refractivity contribution is -0.402. The fourth-order valence-electron chi connectivity index (χ4n) is 1.50. The molecule has 1 aromatic heterocycles. The second-order valence-electron chi connectivity index (χ2n) is 3.80. The number of hydrogen-bond acceptors (Lipinski definition) is 6. The van der Waals surface area contributed by atoms with E-state index in [1.807, 2.05) is 0 Å². The van der Waals surface area contributed by atoms with Crippen molar-refractivity contribution in [3.05, 3.63) is 57.8 Å². The van der Waals surface area contributed by atoms with Gasteiger partial charge in [0.2, 0.25) is 0 Å². The number of nitrogens with zero attached hydrogens (tertiary/aromatic N) is 1. The van der Waals surface area contributed by atoms with Crippen LogP contribution in [0.15, 0.2) is 40.8 Å². The molecule has 2 aromatic rings. The summed E-state index contributed by atoms with van der Waals surface area (Å²) in [5, 5.41) is 10.4. The number of ether oxygens (including phenoxy) is 2. The zero-order valence-corrected chi connectivity index (χ0v) is 10.6. The molecular weight excluding hydrogens is 266 g/mol. The zero-order valence-electron chi connectivity index (χ0n) is 10.6. The van der Waals surface area contributed by atoms with E-state index in [9.17, 15) is 14.9 Å². The Morgan fingerprint density at radius 2 is 1.95 bits per heavy atom. The van der Waals surface area contributed by atoms with Crippen LogP contribution in [0.25, 0.3) is 0 Å². The second kappa shape index (κ2) is 5.87. The van der Waals surface area contributed by atoms with Crippen LogP contribution in [0, 0.1) is 10.1 Å². The highest BCUT2D eigenvalue weighted by molar-refractivity contribution is 5.89. The summed E-state index contributed by atoms with van der Waals surface area (Å²) < 4.78 is 14.9. The Kier molecular flexibility index (Phi) is 3.99. The van der Waals surface area contributed by atoms with Gasteiger partial charge in [0, 0.05) is 0 Å². The number of nitro groups is 1. The summed E-state index contributed by atoms with van der Waals surface area (Å²) in [6.45, 7) is 0.0609. The molecule has 0 saturated carbocycles. The van der Waals surface area contributed by atoms with Crippen LogP contribution in [0.4, 0.5) is 5.88 Å². The van der Waals surface area contributed by atoms with Gasteiger partial charge < -0.3 is 13.9 Å². The standard InChI is InChI=1S/C13H11NO6/c1-18-13(15)9-2-4-10(5-3-9)19-8-11-6-7-12(20-11)14(16)17/h2-7H,8H2,1H3. The lowest BCUT2D eigenvalue weighted by Crippen LogP contribution is -2.01. The largest absolute Gasteiger partial charge is 0.486 e. The third kappa shape index (κ3) is 3.14. The van der Waals surface area contributed by atoms with Gasteiger partial charge in [-0.3, -0.25) is 10.1 Å². The summed E-state index contributed by atoms with van der Waals surface area (Å²) in [7, 11) is 1.30. The van der Waals surface area contributed by atoms with E-state index in [4.69, 9.17) is 9.15 Å². The number of carbonyl (C=O) groups is 1. The van der Waals surface area contributed by atoms with Crippen molar-refractivity contribution < 1.29 is 23.6 Å². The maximum Gasteiger partial charge on any atom is 0.433 e. The van der Waals surface area contributed by atoms with Gasteiger partial charge in [0.25, 0.3) is 0 Å². The number of hydrogen-bond donors (Lipinski definition) is 0. The highest BCUT2D eigenvalue weighted by atomic mass is 16.6. The second-order valence-corrected chi connectivity index (χ2v) is 3.80. The van der Waals surface area contributed by atoms with Crippen LogP contribution in [-0.2, 0) is 11.3 Å². The monoisotopic (exact) mass is 277 g/mol. The molecule has 7 nitrogen and oxygen atoms in total. The van der Waals surface area contributed by atoms with Crippen LogP contribution >= 0.6 is 0 Å². The van der Waals surface area contributed by atoms with Gasteiger partial charge in [0.15, 0.2) is 0 Å². The van der Waals surface area contributed by atoms with Crippen LogP contribution in [0.2, 0.25) is 0 Å². The Labute approximate surface area is 113 Å². The number of methoxy groups -OCH3 is 1. The molecule has 0 fully saturated rings. The fraction of sp³-hybridized carbons (Fsp3) is 0.154. The van der Waals surface area contributed by atoms with E-state index in [1.54, 1.807) is 24.3 Å². The normalized spacial score (nSPS) is 10.1. The maximum absolute atomic E-state index is 11.2. The first-order valence-electron chi connectivity index (χ1n) is 5.64. The number of benzene rings is 1. The number of esters is 1. The summed E-state index contributed by atoms with van der Waals surface area (Å²) in [6.07, 6.45) is 0. The number of furan rings is 1. The Morgan fingerprint density at radius 1 is 1.25 bits per heavy atom. The van der Waals surface area contributed by atoms with E-state index in [0.717, 1.165) is 0 Å². The SMILES string of the molecule is COC(=O)c1ccc(OCc2ccc([N+](=O)[O-])o2)cc1. The molecule has 0 atom stereocenters. The molecule has 0 spiro atoms. The molecule has 20 heavy (non-hydrogen) atoms. The summed E-state index contributed by atoms with van der Waals surface area (Å²) in [4.78, 5) is 21.1. The summed E-state index contributed by atoms with van der Waals surface area (Å²) in [5.41, 5.74) is 0.411. The van der Waals surface area contributed by atoms with Crippen molar-refractivity contribution in [2.75, 3.05) is 7.11 Å². The van der Waals surface area contributed by atoms with Gasteiger partial charge in [0.1, 0.15) is 23.0 Å². The molecule has 0 radical (unpaired) electrons. The molecule has 0 N–H and O–H groups in total. The average Bonchev–Trinajstić information content (AvgIpc) is 2.94. The fourth-order valence-corrected chi connectivity index (χ4v) is 1.50. The topological polar surface area (TPSA) is 91.8 Å². The van der Waals surface area contributed by atoms with Gasteiger partial charge in [-0.05, 0) is 30.3 Å². The Balaban J connectivity index is 1.96. The average molecular weight is 277 g/mol. The van der Waals surface area contributed by atoms with Crippen LogP contribution in [0.5, 0.6) is 5.75 Å². The van der Waals surface area contributed by atoms with E-state index < -0.39 is 10.9 Å². The highest BCUT2D eigenvalue weighted by Crippen LogP contribution is 2.19. The van der Waals surface area contributed by atoms with Crippen LogP contribution in [0.3, 0.4) is 0 Å². The molecule has 104 valence electrons. The molecule has 0 bridgehead atoms. The van der Waals surface area contributed by atoms with Crippen LogP contribution in [0.1, 0.15) is 16.1 Å². The molecule has 0 unspecified atom stereocenters. The first kappa shape index (κ1) is 13.6. The lowest BCUT2D eigenvalue weighted by atomic mass is 10.2. The van der Waals surface area contributed by atoms with Crippen LogP contribution < -0.4 is 4.74 Å². The van der Waals surface area contributed by atoms with E-state index in [0.29, 0.717) is 17.1 Å². The van der Waals surface area contributed by atoms with Gasteiger partial charge in [0.05, 0.1) is 18.7 Å². The predicted octanol–water partition coefficient (Wildman–Crippen LogP) is 2.55. The van der Waals surface area contributed by atoms with Gasteiger partial charge in [-0.15, -0.1) is 0 Å². The van der Waals surface area contributed by atoms with Crippen molar-refractivity contribution in [3.63, 3.8) is 0 Å². The molecule has 2 rings (SSSR count). The van der Waals surface area contributed by atoms with Crippen molar-refractivity contribution in [3.8, 4) is 5.75 Å². The minimum absolute atomic E-state index is 0.0609. The van der Waals surface area contributed by atoms with E-state index in [-0.39, 0.29) is 12.5 Å². The van der Waals surface area contributed by atoms with E-state index in [2.05, 4.69) is 4.74 Å². The molecule has 1 aromatic carbocycles. The van der Waals surface area contributed by atoms with Crippen molar-refractivity contribution in [1.82, 2.24) is 0 Å². The molecule has 0 aliphatic heterocycles. The Morgan fingerprint density at radius 3 is 2.50 bits per heavy atom. The first-order valence-corrected chi connectivity index (χ1v) is 5.64. The first-order chi connectivity index (χ1) is 9.60. The molecular formula is C13H11NO6. The number of rotatable bonds is 5. The van der Waals surface area contributed by atoms with Gasteiger partial charge in [-0.1, -0.05) is 0 Å². The van der Waals surface area contributed by atoms with Crippen molar-refractivity contribution >= 4 is 11.9 Å². The quantitative estimate of drug-likeness (QED) is 0.473. The van der Waals surface area contributed by atoms with E-state index in [1.165, 1.54) is 19.2 Å². The lowest BCUT2D eigenvalue weighted by Gasteiger charge is -2.04. The Hall–Kier alpha value is -2.83. The van der Waals surface area contributed by atoms with Crippen molar-refractivity contribution in [2.24, 2.45) is 0 Å². The minimum Gasteiger partial charge on any atom is -0.486 e. The van der Waals surface area contributed by atoms with E-state index >= 15 is 0 Å². The molecule has 0 aliphatic rings. The highest BCUT2D eigenvalue weighted by Gasteiger charge is 2.12. The molecule has 0 saturated heterocycles. The summed E-state index contributed by atoms with van der Waals surface area (Å²) in [5.74, 6) is 0.0910. The molecule has 1 heterocycles. The van der Waals surface area contributed by atoms with Gasteiger partial charge in [-0.2, -0.15) is 0 Å². The van der Waals surface area contributed by atoms with Crippen LogP contribution in [-0.4, -0.2) is 18.0 Å². The molecule has 0 aliphatic carbocycles. The van der Waals surface area contributed by atoms with Gasteiger partial charge >= 0.3 is 11.9 Å². The summed E-state index contributed by atoms with van der Waals surface area (Å²) >= 11 is 0. The molecule has 0 amide bonds.